The van der Waals surface area contributed by atoms with E-state index in [1.165, 1.54) is 4.90 Å². The van der Waals surface area contributed by atoms with Gasteiger partial charge in [-0.3, -0.25) is 4.79 Å². The zero-order valence-corrected chi connectivity index (χ0v) is 11.9. The minimum atomic E-state index is -0.115. The topological polar surface area (TPSA) is 50.8 Å². The number of hydrogen-bond donors (Lipinski definition) is 2. The molecule has 2 rings (SSSR count). The predicted octanol–water partition coefficient (Wildman–Crippen LogP) is -0.0945. The minimum absolute atomic E-state index is 0.115. The molecule has 0 aliphatic carbocycles. The van der Waals surface area contributed by atoms with Gasteiger partial charge in [0.15, 0.2) is 0 Å². The van der Waals surface area contributed by atoms with Gasteiger partial charge in [0.2, 0.25) is 0 Å². The van der Waals surface area contributed by atoms with E-state index in [1.54, 1.807) is 6.20 Å². The number of amides is 1. The van der Waals surface area contributed by atoms with Crippen LogP contribution < -0.4 is 10.2 Å². The molecule has 0 aliphatic heterocycles. The Labute approximate surface area is 113 Å². The highest BCUT2D eigenvalue weighted by atomic mass is 16.1. The largest absolute Gasteiger partial charge is 0.345 e. The number of carbonyl (C=O) groups is 1. The molecule has 5 heteroatoms. The average molecular weight is 261 g/mol. The average Bonchev–Trinajstić information content (AvgIpc) is 2.80. The first-order valence-corrected chi connectivity index (χ1v) is 6.52. The highest BCUT2D eigenvalue weighted by Crippen LogP contribution is 2.08. The van der Waals surface area contributed by atoms with Crippen molar-refractivity contribution in [1.29, 1.82) is 0 Å². The van der Waals surface area contributed by atoms with E-state index >= 15 is 0 Å². The minimum Gasteiger partial charge on any atom is -0.345 e. The number of carbonyl (C=O) groups excluding carboxylic acids is 1. The Morgan fingerprint density at radius 3 is 2.84 bits per heavy atom. The Balaban J connectivity index is 2.12. The van der Waals surface area contributed by atoms with Gasteiger partial charge in [0, 0.05) is 11.9 Å². The first-order chi connectivity index (χ1) is 8.99. The van der Waals surface area contributed by atoms with Crippen molar-refractivity contribution < 1.29 is 9.69 Å². The lowest BCUT2D eigenvalue weighted by atomic mass is 10.3. The maximum atomic E-state index is 12.1. The SMILES string of the molecule is Cc1cccc2nc(C(=O)NCC(C)[NH+](C)C)cn12. The van der Waals surface area contributed by atoms with Crippen molar-refractivity contribution >= 4 is 11.6 Å². The monoisotopic (exact) mass is 261 g/mol. The lowest BCUT2D eigenvalue weighted by molar-refractivity contribution is -0.882. The molecule has 0 fully saturated rings. The van der Waals surface area contributed by atoms with Crippen molar-refractivity contribution in [2.75, 3.05) is 20.6 Å². The first kappa shape index (κ1) is 13.5. The van der Waals surface area contributed by atoms with Crippen molar-refractivity contribution in [2.45, 2.75) is 19.9 Å². The molecule has 2 heterocycles. The van der Waals surface area contributed by atoms with E-state index in [1.807, 2.05) is 29.5 Å². The van der Waals surface area contributed by atoms with Crippen LogP contribution in [0.5, 0.6) is 0 Å². The van der Waals surface area contributed by atoms with Gasteiger partial charge >= 0.3 is 0 Å². The molecular formula is C14H21N4O+. The van der Waals surface area contributed by atoms with Gasteiger partial charge in [-0.1, -0.05) is 6.07 Å². The number of imidazole rings is 1. The molecule has 2 aromatic heterocycles. The van der Waals surface area contributed by atoms with Crippen LogP contribution in [0.2, 0.25) is 0 Å². The summed E-state index contributed by atoms with van der Waals surface area (Å²) in [4.78, 5) is 17.7. The number of pyridine rings is 1. The van der Waals surface area contributed by atoms with Gasteiger partial charge in [-0.2, -0.15) is 0 Å². The summed E-state index contributed by atoms with van der Waals surface area (Å²) in [6, 6.07) is 6.21. The highest BCUT2D eigenvalue weighted by molar-refractivity contribution is 5.92. The zero-order valence-electron chi connectivity index (χ0n) is 11.9. The third-order valence-electron chi connectivity index (χ3n) is 3.48. The third kappa shape index (κ3) is 2.93. The van der Waals surface area contributed by atoms with E-state index in [0.29, 0.717) is 18.3 Å². The van der Waals surface area contributed by atoms with Crippen LogP contribution in [-0.2, 0) is 0 Å². The molecule has 0 bridgehead atoms. The Morgan fingerprint density at radius 2 is 2.21 bits per heavy atom. The molecule has 0 aromatic carbocycles. The summed E-state index contributed by atoms with van der Waals surface area (Å²) < 4.78 is 1.93. The number of aryl methyl sites for hydroxylation is 1. The second-order valence-electron chi connectivity index (χ2n) is 5.21. The predicted molar refractivity (Wildman–Crippen MR) is 74.5 cm³/mol. The quantitative estimate of drug-likeness (QED) is 0.808. The van der Waals surface area contributed by atoms with E-state index in [4.69, 9.17) is 0 Å². The van der Waals surface area contributed by atoms with Crippen LogP contribution in [-0.4, -0.2) is 42.0 Å². The summed E-state index contributed by atoms with van der Waals surface area (Å²) in [5, 5.41) is 2.92. The summed E-state index contributed by atoms with van der Waals surface area (Å²) >= 11 is 0. The van der Waals surface area contributed by atoms with Crippen molar-refractivity contribution in [1.82, 2.24) is 14.7 Å². The van der Waals surface area contributed by atoms with Crippen LogP contribution in [0, 0.1) is 6.92 Å². The van der Waals surface area contributed by atoms with Crippen molar-refractivity contribution in [3.05, 3.63) is 35.8 Å². The van der Waals surface area contributed by atoms with Gasteiger partial charge in [0.1, 0.15) is 17.4 Å². The summed E-state index contributed by atoms with van der Waals surface area (Å²) in [6.45, 7) is 4.74. The van der Waals surface area contributed by atoms with E-state index in [0.717, 1.165) is 11.3 Å². The van der Waals surface area contributed by atoms with Gasteiger partial charge in [-0.15, -0.1) is 0 Å². The summed E-state index contributed by atoms with van der Waals surface area (Å²) in [5.74, 6) is -0.115. The molecule has 0 radical (unpaired) electrons. The van der Waals surface area contributed by atoms with Crippen LogP contribution in [0.15, 0.2) is 24.4 Å². The number of quaternary nitrogens is 1. The van der Waals surface area contributed by atoms with Gasteiger partial charge < -0.3 is 14.6 Å². The molecule has 0 spiro atoms. The van der Waals surface area contributed by atoms with E-state index in [-0.39, 0.29) is 5.91 Å². The molecule has 19 heavy (non-hydrogen) atoms. The fourth-order valence-electron chi connectivity index (χ4n) is 1.80. The maximum absolute atomic E-state index is 12.1. The van der Waals surface area contributed by atoms with Gasteiger partial charge in [-0.25, -0.2) is 4.98 Å². The fraction of sp³-hybridized carbons (Fsp3) is 0.429. The summed E-state index contributed by atoms with van der Waals surface area (Å²) in [7, 11) is 4.15. The standard InChI is InChI=1S/C14H20N4O/c1-10-6-5-7-13-16-12(9-18(10)13)14(19)15-8-11(2)17(3)4/h5-7,9,11H,8H2,1-4H3,(H,15,19)/p+1. The van der Waals surface area contributed by atoms with Gasteiger partial charge in [0.25, 0.3) is 5.91 Å². The Bertz CT molecular complexity index is 588. The summed E-state index contributed by atoms with van der Waals surface area (Å²) in [6.07, 6.45) is 1.78. The zero-order chi connectivity index (χ0) is 14.0. The van der Waals surface area contributed by atoms with Crippen LogP contribution in [0.3, 0.4) is 0 Å². The lowest BCUT2D eigenvalue weighted by Crippen LogP contribution is -3.10. The number of likely N-dealkylation sites (N-methyl/N-ethyl adjacent to an activating group) is 1. The highest BCUT2D eigenvalue weighted by Gasteiger charge is 2.14. The number of aromatic nitrogens is 2. The number of nitrogens with one attached hydrogen (secondary N) is 2. The van der Waals surface area contributed by atoms with E-state index < -0.39 is 0 Å². The number of rotatable bonds is 4. The molecular weight excluding hydrogens is 240 g/mol. The van der Waals surface area contributed by atoms with Crippen LogP contribution in [0.1, 0.15) is 23.1 Å². The number of nitrogens with zero attached hydrogens (tertiary/aromatic N) is 2. The third-order valence-corrected chi connectivity index (χ3v) is 3.48. The van der Waals surface area contributed by atoms with Crippen LogP contribution >= 0.6 is 0 Å². The van der Waals surface area contributed by atoms with E-state index in [2.05, 4.69) is 31.3 Å². The van der Waals surface area contributed by atoms with Gasteiger partial charge in [0.05, 0.1) is 20.6 Å². The first-order valence-electron chi connectivity index (χ1n) is 6.52. The normalized spacial score (nSPS) is 12.9. The molecule has 0 aliphatic rings. The van der Waals surface area contributed by atoms with Crippen molar-refractivity contribution in [3.8, 4) is 0 Å². The van der Waals surface area contributed by atoms with Crippen LogP contribution in [0.4, 0.5) is 0 Å². The van der Waals surface area contributed by atoms with Crippen molar-refractivity contribution in [2.24, 2.45) is 0 Å². The molecule has 102 valence electrons. The molecule has 2 N–H and O–H groups in total. The Morgan fingerprint density at radius 1 is 1.47 bits per heavy atom. The Kier molecular flexibility index (Phi) is 3.85. The van der Waals surface area contributed by atoms with Crippen molar-refractivity contribution in [3.63, 3.8) is 0 Å². The second-order valence-corrected chi connectivity index (χ2v) is 5.21. The molecule has 1 amide bonds. The number of fused-ring (bicyclic) bond motifs is 1. The maximum Gasteiger partial charge on any atom is 0.271 e. The smallest absolute Gasteiger partial charge is 0.271 e. The molecule has 1 atom stereocenters. The van der Waals surface area contributed by atoms with Crippen LogP contribution in [0.25, 0.3) is 5.65 Å². The summed E-state index contributed by atoms with van der Waals surface area (Å²) in [5.41, 5.74) is 2.34. The molecule has 1 unspecified atom stereocenters. The van der Waals surface area contributed by atoms with Gasteiger partial charge in [-0.05, 0) is 26.0 Å². The number of hydrogen-bond acceptors (Lipinski definition) is 2. The Hall–Kier alpha value is -1.88. The molecule has 0 saturated heterocycles. The molecule has 0 saturated carbocycles. The van der Waals surface area contributed by atoms with E-state index in [9.17, 15) is 4.79 Å². The molecule has 5 nitrogen and oxygen atoms in total. The second kappa shape index (κ2) is 5.40. The lowest BCUT2D eigenvalue weighted by Gasteiger charge is -2.16. The fourth-order valence-corrected chi connectivity index (χ4v) is 1.80. The molecule has 2 aromatic rings.